The van der Waals surface area contributed by atoms with Crippen LogP contribution in [0.3, 0.4) is 0 Å². The van der Waals surface area contributed by atoms with E-state index in [1.54, 1.807) is 18.3 Å². The van der Waals surface area contributed by atoms with Gasteiger partial charge in [0.2, 0.25) is 0 Å². The molecule has 1 amide bonds. The molecule has 1 aromatic rings. The summed E-state index contributed by atoms with van der Waals surface area (Å²) in [5.41, 5.74) is 5.80. The molecule has 1 atom stereocenters. The molecule has 17 heavy (non-hydrogen) atoms. The number of ether oxygens (including phenoxy) is 1. The highest BCUT2D eigenvalue weighted by atomic mass is 16.5. The van der Waals surface area contributed by atoms with Gasteiger partial charge >= 0.3 is 0 Å². The van der Waals surface area contributed by atoms with Crippen LogP contribution in [-0.4, -0.2) is 29.6 Å². The van der Waals surface area contributed by atoms with E-state index in [1.165, 1.54) is 0 Å². The molecular formula is C12H17N3O2. The molecule has 1 aromatic heterocycles. The Hall–Kier alpha value is -1.62. The molecule has 0 aliphatic carbocycles. The number of hydrogen-bond acceptors (Lipinski definition) is 4. The molecule has 5 heteroatoms. The molecule has 0 spiro atoms. The van der Waals surface area contributed by atoms with Crippen molar-refractivity contribution in [1.82, 2.24) is 10.3 Å². The van der Waals surface area contributed by atoms with Crippen molar-refractivity contribution in [3.05, 3.63) is 23.9 Å². The summed E-state index contributed by atoms with van der Waals surface area (Å²) >= 11 is 0. The van der Waals surface area contributed by atoms with Crippen LogP contribution in [0.15, 0.2) is 18.3 Å². The number of carbonyl (C=O) groups excluding carboxylic acids is 1. The minimum atomic E-state index is -0.243. The minimum Gasteiger partial charge on any atom is -0.383 e. The van der Waals surface area contributed by atoms with Crippen LogP contribution in [0.25, 0.3) is 0 Å². The largest absolute Gasteiger partial charge is 0.383 e. The SMILES string of the molecule is CC1(CNC(=O)c2cccnc2N)CCCO1. The maximum atomic E-state index is 11.9. The van der Waals surface area contributed by atoms with Gasteiger partial charge in [0, 0.05) is 19.3 Å². The lowest BCUT2D eigenvalue weighted by molar-refractivity contribution is 0.0206. The highest BCUT2D eigenvalue weighted by Crippen LogP contribution is 2.24. The second kappa shape index (κ2) is 4.71. The molecule has 92 valence electrons. The first-order chi connectivity index (χ1) is 8.11. The van der Waals surface area contributed by atoms with Crippen LogP contribution in [0.4, 0.5) is 5.82 Å². The molecule has 1 unspecified atom stereocenters. The van der Waals surface area contributed by atoms with Crippen molar-refractivity contribution in [2.24, 2.45) is 0 Å². The van der Waals surface area contributed by atoms with Crippen LogP contribution in [0, 0.1) is 0 Å². The quantitative estimate of drug-likeness (QED) is 0.818. The molecule has 5 nitrogen and oxygen atoms in total. The van der Waals surface area contributed by atoms with E-state index < -0.39 is 0 Å². The van der Waals surface area contributed by atoms with Crippen molar-refractivity contribution in [1.29, 1.82) is 0 Å². The number of hydrogen-bond donors (Lipinski definition) is 2. The number of amides is 1. The van der Waals surface area contributed by atoms with E-state index in [4.69, 9.17) is 10.5 Å². The topological polar surface area (TPSA) is 77.2 Å². The van der Waals surface area contributed by atoms with Gasteiger partial charge in [-0.1, -0.05) is 0 Å². The van der Waals surface area contributed by atoms with Crippen molar-refractivity contribution in [2.45, 2.75) is 25.4 Å². The van der Waals surface area contributed by atoms with Gasteiger partial charge in [-0.15, -0.1) is 0 Å². The Bertz CT molecular complexity index is 414. The molecule has 1 fully saturated rings. The van der Waals surface area contributed by atoms with Crippen LogP contribution in [0.1, 0.15) is 30.1 Å². The summed E-state index contributed by atoms with van der Waals surface area (Å²) in [7, 11) is 0. The standard InChI is InChI=1S/C12H17N3O2/c1-12(5-3-7-17-12)8-15-11(16)9-4-2-6-14-10(9)13/h2,4,6H,3,5,7-8H2,1H3,(H2,13,14)(H,15,16). The maximum Gasteiger partial charge on any atom is 0.255 e. The lowest BCUT2D eigenvalue weighted by Gasteiger charge is -2.23. The molecule has 1 saturated heterocycles. The van der Waals surface area contributed by atoms with Gasteiger partial charge in [-0.3, -0.25) is 4.79 Å². The molecule has 1 aliphatic heterocycles. The van der Waals surface area contributed by atoms with Crippen molar-refractivity contribution >= 4 is 11.7 Å². The summed E-state index contributed by atoms with van der Waals surface area (Å²) < 4.78 is 5.60. The summed E-state index contributed by atoms with van der Waals surface area (Å²) in [5.74, 6) is 0.0508. The first-order valence-electron chi connectivity index (χ1n) is 5.73. The lowest BCUT2D eigenvalue weighted by atomic mass is 10.0. The van der Waals surface area contributed by atoms with E-state index in [2.05, 4.69) is 10.3 Å². The minimum absolute atomic E-state index is 0.202. The number of nitrogens with zero attached hydrogens (tertiary/aromatic N) is 1. The molecular weight excluding hydrogens is 218 g/mol. The van der Waals surface area contributed by atoms with E-state index in [0.29, 0.717) is 12.1 Å². The Morgan fingerprint density at radius 1 is 1.71 bits per heavy atom. The van der Waals surface area contributed by atoms with E-state index >= 15 is 0 Å². The fourth-order valence-corrected chi connectivity index (χ4v) is 1.95. The Morgan fingerprint density at radius 2 is 2.53 bits per heavy atom. The summed E-state index contributed by atoms with van der Waals surface area (Å²) in [4.78, 5) is 15.8. The molecule has 0 aromatic carbocycles. The van der Waals surface area contributed by atoms with E-state index in [0.717, 1.165) is 19.4 Å². The van der Waals surface area contributed by atoms with Gasteiger partial charge in [0.05, 0.1) is 11.2 Å². The third-order valence-electron chi connectivity index (χ3n) is 3.01. The Balaban J connectivity index is 1.96. The highest BCUT2D eigenvalue weighted by molar-refractivity contribution is 5.98. The van der Waals surface area contributed by atoms with Crippen LogP contribution < -0.4 is 11.1 Å². The fraction of sp³-hybridized carbons (Fsp3) is 0.500. The Labute approximate surface area is 100 Å². The Kier molecular flexibility index (Phi) is 3.28. The van der Waals surface area contributed by atoms with Gasteiger partial charge in [0.25, 0.3) is 5.91 Å². The molecule has 2 heterocycles. The molecule has 0 radical (unpaired) electrons. The number of nitrogens with two attached hydrogens (primary N) is 1. The molecule has 3 N–H and O–H groups in total. The zero-order chi connectivity index (χ0) is 12.3. The number of anilines is 1. The average Bonchev–Trinajstić information content (AvgIpc) is 2.74. The van der Waals surface area contributed by atoms with Crippen LogP contribution in [0.5, 0.6) is 0 Å². The van der Waals surface area contributed by atoms with Gasteiger partial charge in [-0.05, 0) is 31.9 Å². The smallest absolute Gasteiger partial charge is 0.255 e. The number of carbonyl (C=O) groups is 1. The number of pyridine rings is 1. The zero-order valence-corrected chi connectivity index (χ0v) is 9.90. The van der Waals surface area contributed by atoms with Crippen molar-refractivity contribution in [3.63, 3.8) is 0 Å². The zero-order valence-electron chi connectivity index (χ0n) is 9.90. The summed E-state index contributed by atoms with van der Waals surface area (Å²) in [5, 5.41) is 2.84. The first-order valence-corrected chi connectivity index (χ1v) is 5.73. The van der Waals surface area contributed by atoms with E-state index in [9.17, 15) is 4.79 Å². The molecule has 0 bridgehead atoms. The highest BCUT2D eigenvalue weighted by Gasteiger charge is 2.30. The number of nitrogen functional groups attached to an aromatic ring is 1. The maximum absolute atomic E-state index is 11.9. The van der Waals surface area contributed by atoms with E-state index in [1.807, 2.05) is 6.92 Å². The predicted octanol–water partition coefficient (Wildman–Crippen LogP) is 0.963. The third kappa shape index (κ3) is 2.74. The lowest BCUT2D eigenvalue weighted by Crippen LogP contribution is -2.40. The van der Waals surface area contributed by atoms with Crippen LogP contribution >= 0.6 is 0 Å². The summed E-state index contributed by atoms with van der Waals surface area (Å²) in [6, 6.07) is 3.36. The molecule has 0 saturated carbocycles. The van der Waals surface area contributed by atoms with Gasteiger partial charge in [-0.2, -0.15) is 0 Å². The Morgan fingerprint density at radius 3 is 3.18 bits per heavy atom. The first kappa shape index (κ1) is 11.9. The molecule has 1 aliphatic rings. The average molecular weight is 235 g/mol. The summed E-state index contributed by atoms with van der Waals surface area (Å²) in [6.07, 6.45) is 3.57. The normalized spacial score (nSPS) is 23.6. The van der Waals surface area contributed by atoms with E-state index in [-0.39, 0.29) is 17.3 Å². The second-order valence-electron chi connectivity index (χ2n) is 4.52. The van der Waals surface area contributed by atoms with Crippen molar-refractivity contribution in [2.75, 3.05) is 18.9 Å². The third-order valence-corrected chi connectivity index (χ3v) is 3.01. The fourth-order valence-electron chi connectivity index (χ4n) is 1.95. The number of rotatable bonds is 3. The predicted molar refractivity (Wildman–Crippen MR) is 64.6 cm³/mol. The second-order valence-corrected chi connectivity index (χ2v) is 4.52. The summed E-state index contributed by atoms with van der Waals surface area (Å²) in [6.45, 7) is 3.27. The van der Waals surface area contributed by atoms with Crippen LogP contribution in [0.2, 0.25) is 0 Å². The van der Waals surface area contributed by atoms with Crippen molar-refractivity contribution in [3.8, 4) is 0 Å². The van der Waals surface area contributed by atoms with Gasteiger partial charge < -0.3 is 15.8 Å². The number of nitrogens with one attached hydrogen (secondary N) is 1. The van der Waals surface area contributed by atoms with Crippen molar-refractivity contribution < 1.29 is 9.53 Å². The van der Waals surface area contributed by atoms with Gasteiger partial charge in [0.1, 0.15) is 5.82 Å². The van der Waals surface area contributed by atoms with Crippen LogP contribution in [-0.2, 0) is 4.74 Å². The number of aromatic nitrogens is 1. The molecule has 2 rings (SSSR count). The van der Waals surface area contributed by atoms with Gasteiger partial charge in [-0.25, -0.2) is 4.98 Å². The van der Waals surface area contributed by atoms with Gasteiger partial charge in [0.15, 0.2) is 0 Å². The monoisotopic (exact) mass is 235 g/mol.